The maximum absolute atomic E-state index is 11.8. The van der Waals surface area contributed by atoms with Crippen molar-refractivity contribution < 1.29 is 24.5 Å². The lowest BCUT2D eigenvalue weighted by Crippen LogP contribution is -2.17. The minimum absolute atomic E-state index is 0.190. The lowest BCUT2D eigenvalue weighted by Gasteiger charge is -2.09. The second-order valence-electron chi connectivity index (χ2n) is 4.49. The predicted molar refractivity (Wildman–Crippen MR) is 80.9 cm³/mol. The molecule has 0 heterocycles. The molecule has 114 valence electrons. The monoisotopic (exact) mass is 321 g/mol. The molecule has 6 nitrogen and oxygen atoms in total. The van der Waals surface area contributed by atoms with E-state index >= 15 is 0 Å². The first-order chi connectivity index (χ1) is 10.4. The summed E-state index contributed by atoms with van der Waals surface area (Å²) in [5.41, 5.74) is 0.850. The fourth-order valence-electron chi connectivity index (χ4n) is 1.72. The smallest absolute Gasteiger partial charge is 0.417 e. The van der Waals surface area contributed by atoms with Crippen molar-refractivity contribution in [1.82, 2.24) is 0 Å². The van der Waals surface area contributed by atoms with Crippen molar-refractivity contribution in [2.45, 2.75) is 6.92 Å². The molecule has 7 heteroatoms. The number of carbonyl (C=O) groups excluding carboxylic acids is 1. The molecule has 2 aromatic carbocycles. The van der Waals surface area contributed by atoms with Crippen LogP contribution in [0.2, 0.25) is 5.02 Å². The highest BCUT2D eigenvalue weighted by molar-refractivity contribution is 6.32. The van der Waals surface area contributed by atoms with Crippen LogP contribution in [0.1, 0.15) is 15.9 Å². The van der Waals surface area contributed by atoms with Crippen LogP contribution >= 0.6 is 11.6 Å². The van der Waals surface area contributed by atoms with E-state index in [0.29, 0.717) is 5.02 Å². The topological polar surface area (TPSA) is 95.9 Å². The maximum atomic E-state index is 11.8. The quantitative estimate of drug-likeness (QED) is 0.801. The average Bonchev–Trinajstić information content (AvgIpc) is 2.41. The molecule has 2 aromatic rings. The van der Waals surface area contributed by atoms with Crippen LogP contribution in [0.15, 0.2) is 36.4 Å². The van der Waals surface area contributed by atoms with E-state index in [0.717, 1.165) is 11.6 Å². The number of aromatic hydroxyl groups is 1. The summed E-state index contributed by atoms with van der Waals surface area (Å²) < 4.78 is 5.04. The van der Waals surface area contributed by atoms with Crippen molar-refractivity contribution in [1.29, 1.82) is 0 Å². The van der Waals surface area contributed by atoms with E-state index in [1.807, 2.05) is 6.92 Å². The Kier molecular flexibility index (Phi) is 4.53. The third-order valence-corrected chi connectivity index (χ3v) is 3.06. The van der Waals surface area contributed by atoms with Crippen LogP contribution in [0.5, 0.6) is 11.5 Å². The molecule has 0 saturated carbocycles. The minimum Gasteiger partial charge on any atom is -0.507 e. The van der Waals surface area contributed by atoms with Crippen LogP contribution in [0.3, 0.4) is 0 Å². The SMILES string of the molecule is Cc1ccc(OC(=O)Nc2ccc(C(=O)O)c(O)c2)c(Cl)c1. The Hall–Kier alpha value is -2.73. The Labute approximate surface area is 130 Å². The molecule has 2 rings (SSSR count). The first-order valence-corrected chi connectivity index (χ1v) is 6.56. The van der Waals surface area contributed by atoms with E-state index in [9.17, 15) is 14.7 Å². The zero-order chi connectivity index (χ0) is 16.3. The van der Waals surface area contributed by atoms with Gasteiger partial charge in [-0.25, -0.2) is 9.59 Å². The summed E-state index contributed by atoms with van der Waals surface area (Å²) in [6, 6.07) is 8.57. The summed E-state index contributed by atoms with van der Waals surface area (Å²) in [6.45, 7) is 1.85. The van der Waals surface area contributed by atoms with Crippen molar-refractivity contribution in [2.75, 3.05) is 5.32 Å². The lowest BCUT2D eigenvalue weighted by atomic mass is 10.2. The molecule has 0 aliphatic rings. The molecule has 0 spiro atoms. The summed E-state index contributed by atoms with van der Waals surface area (Å²) in [4.78, 5) is 22.5. The molecule has 22 heavy (non-hydrogen) atoms. The number of carboxylic acid groups (broad SMARTS) is 1. The molecule has 0 radical (unpaired) electrons. The van der Waals surface area contributed by atoms with Crippen molar-refractivity contribution in [3.8, 4) is 11.5 Å². The first-order valence-electron chi connectivity index (χ1n) is 6.18. The van der Waals surface area contributed by atoms with Crippen LogP contribution in [0.25, 0.3) is 0 Å². The molecule has 0 aromatic heterocycles. The van der Waals surface area contributed by atoms with Gasteiger partial charge in [-0.05, 0) is 36.8 Å². The fraction of sp³-hybridized carbons (Fsp3) is 0.0667. The fourth-order valence-corrected chi connectivity index (χ4v) is 2.00. The Morgan fingerprint density at radius 3 is 2.50 bits per heavy atom. The number of carbonyl (C=O) groups is 2. The van der Waals surface area contributed by atoms with Crippen LogP contribution in [-0.4, -0.2) is 22.3 Å². The average molecular weight is 322 g/mol. The van der Waals surface area contributed by atoms with E-state index in [4.69, 9.17) is 21.4 Å². The van der Waals surface area contributed by atoms with E-state index < -0.39 is 17.8 Å². The minimum atomic E-state index is -1.27. The number of aromatic carboxylic acids is 1. The highest BCUT2D eigenvalue weighted by Gasteiger charge is 2.12. The van der Waals surface area contributed by atoms with Gasteiger partial charge in [0.1, 0.15) is 11.3 Å². The first kappa shape index (κ1) is 15.7. The third-order valence-electron chi connectivity index (χ3n) is 2.76. The van der Waals surface area contributed by atoms with Crippen molar-refractivity contribution >= 4 is 29.4 Å². The Morgan fingerprint density at radius 1 is 1.18 bits per heavy atom. The van der Waals surface area contributed by atoms with Gasteiger partial charge >= 0.3 is 12.1 Å². The van der Waals surface area contributed by atoms with Crippen molar-refractivity contribution in [3.05, 3.63) is 52.5 Å². The molecule has 0 aliphatic heterocycles. The van der Waals surface area contributed by atoms with Gasteiger partial charge in [0.15, 0.2) is 5.75 Å². The van der Waals surface area contributed by atoms with Gasteiger partial charge in [0, 0.05) is 11.8 Å². The number of hydrogen-bond acceptors (Lipinski definition) is 4. The molecule has 1 amide bonds. The van der Waals surface area contributed by atoms with Gasteiger partial charge in [-0.2, -0.15) is 0 Å². The number of carboxylic acids is 1. The number of benzene rings is 2. The summed E-state index contributed by atoms with van der Waals surface area (Å²) in [6.07, 6.45) is -0.812. The number of amides is 1. The highest BCUT2D eigenvalue weighted by Crippen LogP contribution is 2.26. The number of ether oxygens (including phenoxy) is 1. The number of rotatable bonds is 3. The Morgan fingerprint density at radius 2 is 1.91 bits per heavy atom. The molecule has 0 atom stereocenters. The molecule has 0 saturated heterocycles. The van der Waals surface area contributed by atoms with Crippen LogP contribution < -0.4 is 10.1 Å². The lowest BCUT2D eigenvalue weighted by molar-refractivity contribution is 0.0693. The van der Waals surface area contributed by atoms with Crippen LogP contribution in [-0.2, 0) is 0 Å². The van der Waals surface area contributed by atoms with E-state index in [-0.39, 0.29) is 17.0 Å². The third kappa shape index (κ3) is 3.67. The number of aryl methyl sites for hydroxylation is 1. The number of anilines is 1. The van der Waals surface area contributed by atoms with Crippen molar-refractivity contribution in [2.24, 2.45) is 0 Å². The zero-order valence-corrected chi connectivity index (χ0v) is 12.2. The molecule has 0 aliphatic carbocycles. The van der Waals surface area contributed by atoms with Gasteiger partial charge < -0.3 is 14.9 Å². The summed E-state index contributed by atoms with van der Waals surface area (Å²) in [5, 5.41) is 21.0. The van der Waals surface area contributed by atoms with Gasteiger partial charge in [-0.15, -0.1) is 0 Å². The molecule has 3 N–H and O–H groups in total. The van der Waals surface area contributed by atoms with Gasteiger partial charge in [-0.3, -0.25) is 5.32 Å². The standard InChI is InChI=1S/C15H12ClNO5/c1-8-2-5-13(11(16)6-8)22-15(21)17-9-3-4-10(14(19)20)12(18)7-9/h2-7,18H,1H3,(H,17,21)(H,19,20). The second-order valence-corrected chi connectivity index (χ2v) is 4.89. The normalized spacial score (nSPS) is 10.1. The molecular formula is C15H12ClNO5. The van der Waals surface area contributed by atoms with Gasteiger partial charge in [-0.1, -0.05) is 17.7 Å². The summed E-state index contributed by atoms with van der Waals surface area (Å²) >= 11 is 5.95. The predicted octanol–water partition coefficient (Wildman–Crippen LogP) is 3.66. The van der Waals surface area contributed by atoms with Crippen LogP contribution in [0.4, 0.5) is 10.5 Å². The highest BCUT2D eigenvalue weighted by atomic mass is 35.5. The van der Waals surface area contributed by atoms with E-state index in [2.05, 4.69) is 5.32 Å². The summed E-state index contributed by atoms with van der Waals surface area (Å²) in [5.74, 6) is -1.53. The molecular weight excluding hydrogens is 310 g/mol. The van der Waals surface area contributed by atoms with Crippen molar-refractivity contribution in [3.63, 3.8) is 0 Å². The number of nitrogens with one attached hydrogen (secondary N) is 1. The molecule has 0 unspecified atom stereocenters. The van der Waals surface area contributed by atoms with E-state index in [1.54, 1.807) is 18.2 Å². The summed E-state index contributed by atoms with van der Waals surface area (Å²) in [7, 11) is 0. The zero-order valence-electron chi connectivity index (χ0n) is 11.5. The van der Waals surface area contributed by atoms with E-state index in [1.165, 1.54) is 12.1 Å². The molecule has 0 fully saturated rings. The van der Waals surface area contributed by atoms with Crippen LogP contribution in [0, 0.1) is 6.92 Å². The van der Waals surface area contributed by atoms with Gasteiger partial charge in [0.2, 0.25) is 0 Å². The van der Waals surface area contributed by atoms with Gasteiger partial charge in [0.25, 0.3) is 0 Å². The number of hydrogen-bond donors (Lipinski definition) is 3. The maximum Gasteiger partial charge on any atom is 0.417 e. The Bertz CT molecular complexity index is 745. The number of phenols is 1. The van der Waals surface area contributed by atoms with Gasteiger partial charge in [0.05, 0.1) is 5.02 Å². The second kappa shape index (κ2) is 6.36. The molecule has 0 bridgehead atoms. The largest absolute Gasteiger partial charge is 0.507 e. The number of halogens is 1. The Balaban J connectivity index is 2.09.